The average molecular weight is 413 g/mol. The molecule has 3 aromatic heterocycles. The third-order valence-electron chi connectivity index (χ3n) is 3.57. The zero-order chi connectivity index (χ0) is 20.9. The number of nitrogens with zero attached hydrogens (tertiary/aromatic N) is 5. The van der Waals surface area contributed by atoms with E-state index in [1.807, 2.05) is 0 Å². The molecular formula is C14H7F8N5O. The molecule has 0 aliphatic heterocycles. The second-order valence-corrected chi connectivity index (χ2v) is 5.56. The third kappa shape index (κ3) is 3.41. The van der Waals surface area contributed by atoms with Gasteiger partial charge in [0.2, 0.25) is 5.78 Å². The van der Waals surface area contributed by atoms with Gasteiger partial charge < -0.3 is 0 Å². The molecule has 0 saturated carbocycles. The summed E-state index contributed by atoms with van der Waals surface area (Å²) in [6, 6.07) is 1.24. The van der Waals surface area contributed by atoms with Crippen LogP contribution in [0.2, 0.25) is 0 Å². The molecule has 0 bridgehead atoms. The Kier molecular flexibility index (Phi) is 4.39. The molecule has 0 aliphatic carbocycles. The largest absolute Gasteiger partial charge is 0.455 e. The normalized spacial score (nSPS) is 13.3. The highest BCUT2D eigenvalue weighted by atomic mass is 19.4. The fourth-order valence-electron chi connectivity index (χ4n) is 2.32. The molecule has 0 amide bonds. The summed E-state index contributed by atoms with van der Waals surface area (Å²) in [5.41, 5.74) is -4.59. The molecule has 0 aliphatic rings. The topological polar surface area (TPSA) is 65.1 Å². The first-order valence-corrected chi connectivity index (χ1v) is 7.23. The summed E-state index contributed by atoms with van der Waals surface area (Å²) in [6.45, 7) is -1.97. The lowest BCUT2D eigenvalue weighted by Crippen LogP contribution is -2.40. The molecular weight excluding hydrogens is 406 g/mol. The Morgan fingerprint density at radius 3 is 2.32 bits per heavy atom. The lowest BCUT2D eigenvalue weighted by atomic mass is 10.1. The summed E-state index contributed by atoms with van der Waals surface area (Å²) in [4.78, 5) is 19.3. The highest BCUT2D eigenvalue weighted by Gasteiger charge is 2.57. The minimum atomic E-state index is -5.88. The highest BCUT2D eigenvalue weighted by molar-refractivity contribution is 5.65. The van der Waals surface area contributed by atoms with Crippen LogP contribution in [0.15, 0.2) is 35.6 Å². The summed E-state index contributed by atoms with van der Waals surface area (Å²) >= 11 is 0. The van der Waals surface area contributed by atoms with Crippen LogP contribution in [0.3, 0.4) is 0 Å². The van der Waals surface area contributed by atoms with Crippen LogP contribution in [-0.2, 0) is 12.7 Å². The molecule has 3 rings (SSSR count). The molecule has 0 unspecified atom stereocenters. The molecule has 150 valence electrons. The number of fused-ring (bicyclic) bond motifs is 1. The van der Waals surface area contributed by atoms with Crippen LogP contribution in [0.25, 0.3) is 16.9 Å². The number of hydrogen-bond donors (Lipinski definition) is 0. The van der Waals surface area contributed by atoms with E-state index in [9.17, 15) is 39.9 Å². The van der Waals surface area contributed by atoms with Gasteiger partial charge in [-0.2, -0.15) is 40.2 Å². The van der Waals surface area contributed by atoms with Crippen molar-refractivity contribution in [1.82, 2.24) is 24.1 Å². The minimum Gasteiger partial charge on any atom is -0.268 e. The Labute approximate surface area is 149 Å². The van der Waals surface area contributed by atoms with Crippen molar-refractivity contribution in [2.24, 2.45) is 0 Å². The van der Waals surface area contributed by atoms with Gasteiger partial charge in [0.15, 0.2) is 5.69 Å². The van der Waals surface area contributed by atoms with Crippen LogP contribution < -0.4 is 5.56 Å². The quantitative estimate of drug-likeness (QED) is 0.619. The van der Waals surface area contributed by atoms with Gasteiger partial charge in [-0.05, 0) is 6.07 Å². The minimum absolute atomic E-state index is 0.0977. The molecule has 0 fully saturated rings. The third-order valence-corrected chi connectivity index (χ3v) is 3.57. The molecule has 0 spiro atoms. The first kappa shape index (κ1) is 19.7. The maximum absolute atomic E-state index is 13.3. The number of halogens is 8. The molecule has 0 radical (unpaired) electrons. The van der Waals surface area contributed by atoms with Crippen LogP contribution >= 0.6 is 0 Å². The molecule has 0 atom stereocenters. The number of rotatable bonds is 3. The summed E-state index contributed by atoms with van der Waals surface area (Å²) in [5.74, 6) is -5.75. The van der Waals surface area contributed by atoms with Crippen molar-refractivity contribution >= 4 is 5.78 Å². The van der Waals surface area contributed by atoms with Crippen molar-refractivity contribution in [3.8, 4) is 11.1 Å². The second-order valence-electron chi connectivity index (χ2n) is 5.56. The summed E-state index contributed by atoms with van der Waals surface area (Å²) in [7, 11) is 0. The Balaban J connectivity index is 2.16. The molecule has 0 aromatic carbocycles. The zero-order valence-electron chi connectivity index (χ0n) is 13.3. The maximum Gasteiger partial charge on any atom is 0.455 e. The van der Waals surface area contributed by atoms with E-state index in [0.717, 1.165) is 12.4 Å². The highest BCUT2D eigenvalue weighted by Crippen LogP contribution is 2.37. The van der Waals surface area contributed by atoms with E-state index in [0.29, 0.717) is 16.8 Å². The van der Waals surface area contributed by atoms with Crippen LogP contribution in [0, 0.1) is 0 Å². The Bertz CT molecular complexity index is 1080. The predicted molar refractivity (Wildman–Crippen MR) is 76.5 cm³/mol. The Morgan fingerprint density at radius 1 is 1.04 bits per heavy atom. The first-order chi connectivity index (χ1) is 12.8. The zero-order valence-corrected chi connectivity index (χ0v) is 13.3. The number of alkyl halides is 8. The van der Waals surface area contributed by atoms with Gasteiger partial charge in [-0.1, -0.05) is 0 Å². The van der Waals surface area contributed by atoms with E-state index in [1.165, 1.54) is 6.07 Å². The van der Waals surface area contributed by atoms with Gasteiger partial charge >= 0.3 is 18.3 Å². The summed E-state index contributed by atoms with van der Waals surface area (Å²) in [6.07, 6.45) is -7.79. The van der Waals surface area contributed by atoms with E-state index in [2.05, 4.69) is 15.1 Å². The predicted octanol–water partition coefficient (Wildman–Crippen LogP) is 3.17. The SMILES string of the molecule is O=c1c(-c2cnn(CC(F)(F)C(F)(F)F)c2)c(C(F)(F)F)nc2ncccn12. The molecule has 0 saturated heterocycles. The molecule has 0 N–H and O–H groups in total. The summed E-state index contributed by atoms with van der Waals surface area (Å²) in [5, 5.41) is 3.21. The van der Waals surface area contributed by atoms with Gasteiger partial charge in [0, 0.05) is 24.2 Å². The fourth-order valence-corrected chi connectivity index (χ4v) is 2.32. The van der Waals surface area contributed by atoms with Gasteiger partial charge in [-0.3, -0.25) is 13.9 Å². The van der Waals surface area contributed by atoms with Gasteiger partial charge in [0.25, 0.3) is 5.56 Å². The second kappa shape index (κ2) is 6.24. The van der Waals surface area contributed by atoms with Crippen molar-refractivity contribution in [3.63, 3.8) is 0 Å². The van der Waals surface area contributed by atoms with Crippen molar-refractivity contribution in [1.29, 1.82) is 0 Å². The van der Waals surface area contributed by atoms with Gasteiger partial charge in [-0.25, -0.2) is 9.97 Å². The van der Waals surface area contributed by atoms with E-state index < -0.39 is 53.0 Å². The standard InChI is InChI=1S/C14H7F8N5O/c15-12(16,14(20,21)22)6-26-5-7(4-24-26)8-9(13(17,18)19)25-11-23-2-1-3-27(11)10(8)28/h1-5H,6H2. The molecule has 3 heterocycles. The van der Waals surface area contributed by atoms with Gasteiger partial charge in [0.05, 0.1) is 11.8 Å². The van der Waals surface area contributed by atoms with Crippen molar-refractivity contribution in [2.45, 2.75) is 24.8 Å². The van der Waals surface area contributed by atoms with Crippen molar-refractivity contribution in [3.05, 3.63) is 46.9 Å². The van der Waals surface area contributed by atoms with Crippen LogP contribution in [0.4, 0.5) is 35.1 Å². The number of hydrogen-bond acceptors (Lipinski definition) is 4. The van der Waals surface area contributed by atoms with Crippen molar-refractivity contribution in [2.75, 3.05) is 0 Å². The van der Waals surface area contributed by atoms with E-state index in [-0.39, 0.29) is 4.68 Å². The lowest BCUT2D eigenvalue weighted by molar-refractivity contribution is -0.287. The lowest BCUT2D eigenvalue weighted by Gasteiger charge is -2.19. The first-order valence-electron chi connectivity index (χ1n) is 7.23. The van der Waals surface area contributed by atoms with E-state index in [1.54, 1.807) is 0 Å². The van der Waals surface area contributed by atoms with E-state index in [4.69, 9.17) is 0 Å². The van der Waals surface area contributed by atoms with Crippen molar-refractivity contribution < 1.29 is 35.1 Å². The molecule has 28 heavy (non-hydrogen) atoms. The molecule has 6 nitrogen and oxygen atoms in total. The average Bonchev–Trinajstić information content (AvgIpc) is 3.00. The number of aromatic nitrogens is 5. The van der Waals surface area contributed by atoms with Crippen LogP contribution in [0.1, 0.15) is 5.69 Å². The molecule has 14 heteroatoms. The Hall–Kier alpha value is -3.06. The summed E-state index contributed by atoms with van der Waals surface area (Å²) < 4.78 is 104. The van der Waals surface area contributed by atoms with Crippen LogP contribution in [-0.4, -0.2) is 36.2 Å². The van der Waals surface area contributed by atoms with Gasteiger partial charge in [-0.15, -0.1) is 0 Å². The Morgan fingerprint density at radius 2 is 1.71 bits per heavy atom. The monoisotopic (exact) mass is 413 g/mol. The molecule has 3 aromatic rings. The maximum atomic E-state index is 13.3. The van der Waals surface area contributed by atoms with Gasteiger partial charge in [0.1, 0.15) is 6.54 Å². The fraction of sp³-hybridized carbons (Fsp3) is 0.286. The smallest absolute Gasteiger partial charge is 0.268 e. The van der Waals surface area contributed by atoms with E-state index >= 15 is 0 Å². The van der Waals surface area contributed by atoms with Crippen LogP contribution in [0.5, 0.6) is 0 Å².